The molecule has 8 rings (SSSR count). The summed E-state index contributed by atoms with van der Waals surface area (Å²) in [7, 11) is 2.14. The molecule has 4 heterocycles. The van der Waals surface area contributed by atoms with E-state index < -0.39 is 0 Å². The molecule has 0 saturated heterocycles. The number of hydrogen-bond donors (Lipinski definition) is 0. The summed E-state index contributed by atoms with van der Waals surface area (Å²) in [6.07, 6.45) is 4.35. The summed E-state index contributed by atoms with van der Waals surface area (Å²) in [5.41, 5.74) is 7.69. The summed E-state index contributed by atoms with van der Waals surface area (Å²) < 4.78 is 7.06. The number of benzene rings is 4. The Hall–Kier alpha value is -4.11. The highest BCUT2D eigenvalue weighted by Gasteiger charge is 2.24. The highest BCUT2D eigenvalue weighted by molar-refractivity contribution is 6.32. The van der Waals surface area contributed by atoms with Crippen LogP contribution in [0.15, 0.2) is 85.2 Å². The van der Waals surface area contributed by atoms with E-state index in [1.807, 2.05) is 0 Å². The number of hydrogen-bond acceptors (Lipinski definition) is 0. The minimum Gasteiger partial charge on any atom is -0.308 e. The normalized spacial score (nSPS) is 12.7. The highest BCUT2D eigenvalue weighted by atomic mass is 15.1. The quantitative estimate of drug-likeness (QED) is 0.199. The van der Waals surface area contributed by atoms with Crippen LogP contribution in [0, 0.1) is 6.92 Å². The van der Waals surface area contributed by atoms with E-state index in [0.717, 1.165) is 0 Å². The molecule has 0 aliphatic heterocycles. The van der Waals surface area contributed by atoms with Crippen molar-refractivity contribution in [2.45, 2.75) is 6.92 Å². The van der Waals surface area contributed by atoms with Crippen LogP contribution >= 0.6 is 0 Å². The van der Waals surface area contributed by atoms with Crippen molar-refractivity contribution in [3.05, 3.63) is 90.8 Å². The van der Waals surface area contributed by atoms with Crippen LogP contribution in [0.3, 0.4) is 0 Å². The maximum atomic E-state index is 2.47. The number of rotatable bonds is 0. The summed E-state index contributed by atoms with van der Waals surface area (Å²) in [4.78, 5) is 0. The lowest BCUT2D eigenvalue weighted by atomic mass is 9.98. The zero-order valence-electron chi connectivity index (χ0n) is 17.9. The molecule has 3 heteroatoms. The van der Waals surface area contributed by atoms with E-state index in [4.69, 9.17) is 0 Å². The first kappa shape index (κ1) is 16.6. The van der Waals surface area contributed by atoms with Gasteiger partial charge in [-0.15, -0.1) is 0 Å². The van der Waals surface area contributed by atoms with E-state index in [9.17, 15) is 0 Å². The summed E-state index contributed by atoms with van der Waals surface area (Å²) in [6, 6.07) is 26.9. The molecule has 0 saturated carbocycles. The van der Waals surface area contributed by atoms with Gasteiger partial charge in [0.2, 0.25) is 0 Å². The van der Waals surface area contributed by atoms with Crippen molar-refractivity contribution in [3.8, 4) is 0 Å². The standard InChI is InChI=1S/C29H20N3/c1-17-7-5-10-20-25(17)29-30(2)15-16-31(29)23-13-14-24-27(26(20)23)21-11-6-9-19-18-8-3-4-12-22(18)32(24)28(19)21/h3-16H,1-2H3/q+1. The lowest BCUT2D eigenvalue weighted by molar-refractivity contribution is -0.643. The summed E-state index contributed by atoms with van der Waals surface area (Å²) in [6.45, 7) is 2.22. The average molecular weight is 411 g/mol. The monoisotopic (exact) mass is 410 g/mol. The fraction of sp³-hybridized carbons (Fsp3) is 0.0690. The fourth-order valence-electron chi connectivity index (χ4n) is 6.13. The molecule has 4 aromatic heterocycles. The van der Waals surface area contributed by atoms with Gasteiger partial charge in [-0.1, -0.05) is 54.6 Å². The molecule has 3 nitrogen and oxygen atoms in total. The number of aryl methyl sites for hydroxylation is 2. The number of fused-ring (bicyclic) bond motifs is 13. The Balaban J connectivity index is 1.79. The second-order valence-corrected chi connectivity index (χ2v) is 9.01. The van der Waals surface area contributed by atoms with E-state index in [0.29, 0.717) is 0 Å². The van der Waals surface area contributed by atoms with Crippen molar-refractivity contribution in [3.63, 3.8) is 0 Å². The fourth-order valence-corrected chi connectivity index (χ4v) is 6.13. The largest absolute Gasteiger partial charge is 0.308 e. The second-order valence-electron chi connectivity index (χ2n) is 9.01. The molecule has 0 unspecified atom stereocenters. The van der Waals surface area contributed by atoms with E-state index in [2.05, 4.69) is 113 Å². The molecule has 0 bridgehead atoms. The first-order valence-electron chi connectivity index (χ1n) is 11.1. The van der Waals surface area contributed by atoms with Gasteiger partial charge in [0, 0.05) is 32.3 Å². The van der Waals surface area contributed by atoms with Crippen LogP contribution in [0.4, 0.5) is 0 Å². The van der Waals surface area contributed by atoms with Crippen LogP contribution in [0.1, 0.15) is 5.56 Å². The number of imidazole rings is 1. The van der Waals surface area contributed by atoms with E-state index in [-0.39, 0.29) is 0 Å². The van der Waals surface area contributed by atoms with Crippen LogP contribution < -0.4 is 4.57 Å². The Labute approximate surface area is 183 Å². The van der Waals surface area contributed by atoms with E-state index in [1.165, 1.54) is 71.0 Å². The Kier molecular flexibility index (Phi) is 2.78. The van der Waals surface area contributed by atoms with Gasteiger partial charge in [0.1, 0.15) is 17.9 Å². The molecular formula is C29H20N3+. The van der Waals surface area contributed by atoms with Crippen molar-refractivity contribution < 1.29 is 4.57 Å². The first-order valence-corrected chi connectivity index (χ1v) is 11.1. The van der Waals surface area contributed by atoms with Crippen molar-refractivity contribution >= 4 is 65.4 Å². The molecule has 0 amide bonds. The molecule has 150 valence electrons. The molecular weight excluding hydrogens is 390 g/mol. The lowest BCUT2D eigenvalue weighted by Gasteiger charge is -2.09. The Morgan fingerprint density at radius 1 is 0.625 bits per heavy atom. The zero-order valence-corrected chi connectivity index (χ0v) is 17.9. The SMILES string of the molecule is Cc1cccc2c1c1n(cc[n+]1C)c1ccc3c(c4cccc5c6ccccc6n3c54)c21. The van der Waals surface area contributed by atoms with Crippen molar-refractivity contribution in [2.24, 2.45) is 7.05 Å². The molecule has 0 aliphatic carbocycles. The van der Waals surface area contributed by atoms with Crippen LogP contribution in [0.5, 0.6) is 0 Å². The minimum atomic E-state index is 1.24. The van der Waals surface area contributed by atoms with Gasteiger partial charge >= 0.3 is 0 Å². The highest BCUT2D eigenvalue weighted by Crippen LogP contribution is 2.43. The Bertz CT molecular complexity index is 2050. The predicted molar refractivity (Wildman–Crippen MR) is 133 cm³/mol. The third-order valence-corrected chi connectivity index (χ3v) is 7.39. The number of aromatic nitrogens is 3. The van der Waals surface area contributed by atoms with Crippen LogP contribution in [-0.4, -0.2) is 8.80 Å². The molecule has 0 radical (unpaired) electrons. The van der Waals surface area contributed by atoms with Crippen LogP contribution in [-0.2, 0) is 7.05 Å². The summed E-state index contributed by atoms with van der Waals surface area (Å²) in [5, 5.41) is 9.33. The van der Waals surface area contributed by atoms with Gasteiger partial charge in [-0.2, -0.15) is 4.40 Å². The van der Waals surface area contributed by atoms with Crippen LogP contribution in [0.2, 0.25) is 0 Å². The van der Waals surface area contributed by atoms with Crippen LogP contribution in [0.25, 0.3) is 65.4 Å². The molecule has 0 fully saturated rings. The predicted octanol–water partition coefficient (Wildman–Crippen LogP) is 6.53. The molecule has 32 heavy (non-hydrogen) atoms. The Morgan fingerprint density at radius 3 is 2.28 bits per heavy atom. The van der Waals surface area contributed by atoms with E-state index in [1.54, 1.807) is 0 Å². The first-order chi connectivity index (χ1) is 15.7. The van der Waals surface area contributed by atoms with E-state index >= 15 is 0 Å². The van der Waals surface area contributed by atoms with Crippen molar-refractivity contribution in [1.82, 2.24) is 8.80 Å². The molecule has 0 aliphatic rings. The van der Waals surface area contributed by atoms with Gasteiger partial charge < -0.3 is 4.40 Å². The van der Waals surface area contributed by atoms with Gasteiger partial charge in [-0.25, -0.2) is 4.57 Å². The van der Waals surface area contributed by atoms with Gasteiger partial charge in [0.05, 0.1) is 29.0 Å². The average Bonchev–Trinajstić information content (AvgIpc) is 3.48. The maximum Gasteiger partial charge on any atom is 0.294 e. The third-order valence-electron chi connectivity index (χ3n) is 7.39. The lowest BCUT2D eigenvalue weighted by Crippen LogP contribution is -2.26. The molecule has 0 spiro atoms. The van der Waals surface area contributed by atoms with Gasteiger partial charge in [-0.05, 0) is 30.7 Å². The second kappa shape index (κ2) is 5.38. The number of para-hydroxylation sites is 2. The summed E-state index contributed by atoms with van der Waals surface area (Å²) >= 11 is 0. The van der Waals surface area contributed by atoms with Crippen molar-refractivity contribution in [2.75, 3.05) is 0 Å². The number of pyridine rings is 1. The topological polar surface area (TPSA) is 12.7 Å². The third kappa shape index (κ3) is 1.71. The number of nitrogens with zero attached hydrogens (tertiary/aromatic N) is 3. The maximum absolute atomic E-state index is 2.47. The van der Waals surface area contributed by atoms with Gasteiger partial charge in [0.25, 0.3) is 5.65 Å². The van der Waals surface area contributed by atoms with Gasteiger partial charge in [0.15, 0.2) is 0 Å². The zero-order chi connectivity index (χ0) is 21.1. The Morgan fingerprint density at radius 2 is 1.34 bits per heavy atom. The van der Waals surface area contributed by atoms with Crippen molar-refractivity contribution in [1.29, 1.82) is 0 Å². The molecule has 8 aromatic rings. The van der Waals surface area contributed by atoms with Gasteiger partial charge in [-0.3, -0.25) is 0 Å². The molecule has 4 aromatic carbocycles. The molecule has 0 atom stereocenters. The summed E-state index contributed by atoms with van der Waals surface area (Å²) in [5.74, 6) is 0. The molecule has 0 N–H and O–H groups in total. The minimum absolute atomic E-state index is 1.24. The smallest absolute Gasteiger partial charge is 0.294 e.